The number of nitrogens with zero attached hydrogens (tertiary/aromatic N) is 1. The molecule has 0 aromatic rings. The number of hydrogen-bond acceptors (Lipinski definition) is 2. The molecule has 82 valence electrons. The Morgan fingerprint density at radius 2 is 2.07 bits per heavy atom. The fraction of sp³-hybridized carbons (Fsp3) is 0.833. The molecule has 0 heterocycles. The molecular formula is C12H18N2O. The molecule has 0 aromatic carbocycles. The smallest absolute Gasteiger partial charge is 0.224 e. The van der Waals surface area contributed by atoms with Crippen LogP contribution < -0.4 is 5.32 Å². The number of rotatable bonds is 3. The molecule has 0 aliphatic heterocycles. The Labute approximate surface area is 90.8 Å². The summed E-state index contributed by atoms with van der Waals surface area (Å²) in [6.45, 7) is 0.159. The van der Waals surface area contributed by atoms with Gasteiger partial charge in [-0.1, -0.05) is 32.1 Å². The van der Waals surface area contributed by atoms with Gasteiger partial charge in [0.05, 0.1) is 6.07 Å². The van der Waals surface area contributed by atoms with Crippen molar-refractivity contribution in [2.45, 2.75) is 38.5 Å². The predicted molar refractivity (Wildman–Crippen MR) is 56.8 cm³/mol. The fourth-order valence-corrected chi connectivity index (χ4v) is 2.86. The Hall–Kier alpha value is -1.04. The van der Waals surface area contributed by atoms with Crippen molar-refractivity contribution in [2.24, 2.45) is 17.8 Å². The molecule has 2 saturated carbocycles. The van der Waals surface area contributed by atoms with Crippen molar-refractivity contribution in [2.75, 3.05) is 6.54 Å². The monoisotopic (exact) mass is 206 g/mol. The van der Waals surface area contributed by atoms with Gasteiger partial charge in [-0.2, -0.15) is 5.26 Å². The molecule has 3 heteroatoms. The third-order valence-electron chi connectivity index (χ3n) is 3.77. The van der Waals surface area contributed by atoms with Gasteiger partial charge >= 0.3 is 0 Å². The molecule has 15 heavy (non-hydrogen) atoms. The highest BCUT2D eigenvalue weighted by molar-refractivity contribution is 5.81. The lowest BCUT2D eigenvalue weighted by Gasteiger charge is -2.21. The van der Waals surface area contributed by atoms with Crippen molar-refractivity contribution in [1.29, 1.82) is 5.26 Å². The van der Waals surface area contributed by atoms with Gasteiger partial charge in [0.2, 0.25) is 5.91 Å². The molecule has 2 rings (SSSR count). The molecule has 1 amide bonds. The number of carbonyl (C=O) groups is 1. The van der Waals surface area contributed by atoms with Gasteiger partial charge in [0.25, 0.3) is 0 Å². The zero-order valence-electron chi connectivity index (χ0n) is 9.04. The molecule has 2 aliphatic carbocycles. The van der Waals surface area contributed by atoms with E-state index < -0.39 is 0 Å². The van der Waals surface area contributed by atoms with Gasteiger partial charge in [-0.25, -0.2) is 0 Å². The maximum absolute atomic E-state index is 11.6. The normalized spacial score (nSPS) is 30.6. The van der Waals surface area contributed by atoms with Crippen LogP contribution in [0.25, 0.3) is 0 Å². The van der Waals surface area contributed by atoms with Gasteiger partial charge < -0.3 is 5.32 Å². The summed E-state index contributed by atoms with van der Waals surface area (Å²) in [5.74, 6) is 1.74. The van der Waals surface area contributed by atoms with E-state index in [0.29, 0.717) is 5.92 Å². The van der Waals surface area contributed by atoms with Gasteiger partial charge in [0, 0.05) is 5.92 Å². The van der Waals surface area contributed by atoms with E-state index in [-0.39, 0.29) is 18.4 Å². The van der Waals surface area contributed by atoms with Crippen LogP contribution >= 0.6 is 0 Å². The second kappa shape index (κ2) is 4.65. The lowest BCUT2D eigenvalue weighted by atomic mass is 9.85. The minimum Gasteiger partial charge on any atom is -0.343 e. The molecular weight excluding hydrogens is 188 g/mol. The zero-order chi connectivity index (χ0) is 10.7. The summed E-state index contributed by atoms with van der Waals surface area (Å²) in [5, 5.41) is 11.0. The molecule has 3 nitrogen and oxygen atoms in total. The molecule has 0 saturated heterocycles. The first-order chi connectivity index (χ1) is 7.33. The van der Waals surface area contributed by atoms with Crippen LogP contribution in [0.4, 0.5) is 0 Å². The Kier molecular flexibility index (Phi) is 3.25. The maximum Gasteiger partial charge on any atom is 0.224 e. The number of nitrogens with one attached hydrogen (secondary N) is 1. The van der Waals surface area contributed by atoms with Gasteiger partial charge in [0.15, 0.2) is 0 Å². The third kappa shape index (κ3) is 2.50. The molecule has 2 aliphatic rings. The van der Waals surface area contributed by atoms with Crippen LogP contribution in [0.3, 0.4) is 0 Å². The second-order valence-electron chi connectivity index (χ2n) is 4.78. The van der Waals surface area contributed by atoms with Crippen LogP contribution in [0, 0.1) is 29.1 Å². The van der Waals surface area contributed by atoms with Crippen LogP contribution in [0.1, 0.15) is 38.5 Å². The van der Waals surface area contributed by atoms with E-state index >= 15 is 0 Å². The fourth-order valence-electron chi connectivity index (χ4n) is 2.86. The summed E-state index contributed by atoms with van der Waals surface area (Å²) in [7, 11) is 0. The summed E-state index contributed by atoms with van der Waals surface area (Å²) in [6.07, 6.45) is 7.73. The Morgan fingerprint density at radius 1 is 1.33 bits per heavy atom. The van der Waals surface area contributed by atoms with E-state index in [1.54, 1.807) is 0 Å². The minimum absolute atomic E-state index is 0.104. The highest BCUT2D eigenvalue weighted by Gasteiger charge is 2.47. The van der Waals surface area contributed by atoms with Gasteiger partial charge in [-0.15, -0.1) is 0 Å². The maximum atomic E-state index is 11.6. The summed E-state index contributed by atoms with van der Waals surface area (Å²) in [5.41, 5.74) is 0. The van der Waals surface area contributed by atoms with Crippen LogP contribution in [-0.2, 0) is 4.79 Å². The van der Waals surface area contributed by atoms with Crippen LogP contribution in [0.5, 0.6) is 0 Å². The Bertz CT molecular complexity index is 276. The van der Waals surface area contributed by atoms with Crippen molar-refractivity contribution in [3.8, 4) is 6.07 Å². The average molecular weight is 206 g/mol. The zero-order valence-corrected chi connectivity index (χ0v) is 9.04. The number of hydrogen-bond donors (Lipinski definition) is 1. The van der Waals surface area contributed by atoms with E-state index in [0.717, 1.165) is 12.3 Å². The van der Waals surface area contributed by atoms with Crippen molar-refractivity contribution in [3.05, 3.63) is 0 Å². The third-order valence-corrected chi connectivity index (χ3v) is 3.77. The first-order valence-corrected chi connectivity index (χ1v) is 5.97. The average Bonchev–Trinajstić information content (AvgIpc) is 3.07. The van der Waals surface area contributed by atoms with Crippen molar-refractivity contribution in [3.63, 3.8) is 0 Å². The van der Waals surface area contributed by atoms with Crippen LogP contribution in [0.15, 0.2) is 0 Å². The van der Waals surface area contributed by atoms with Gasteiger partial charge in [-0.05, 0) is 18.3 Å². The lowest BCUT2D eigenvalue weighted by molar-refractivity contribution is -0.122. The molecule has 2 atom stereocenters. The summed E-state index contributed by atoms with van der Waals surface area (Å²) >= 11 is 0. The number of nitriles is 1. The molecule has 0 unspecified atom stereocenters. The number of amides is 1. The Morgan fingerprint density at radius 3 is 2.73 bits per heavy atom. The molecule has 2 fully saturated rings. The van der Waals surface area contributed by atoms with Crippen molar-refractivity contribution in [1.82, 2.24) is 5.32 Å². The molecule has 0 radical (unpaired) electrons. The minimum atomic E-state index is 0.104. The number of carbonyl (C=O) groups excluding carboxylic acids is 1. The summed E-state index contributed by atoms with van der Waals surface area (Å²) < 4.78 is 0. The van der Waals surface area contributed by atoms with E-state index in [9.17, 15) is 4.79 Å². The second-order valence-corrected chi connectivity index (χ2v) is 4.78. The molecule has 0 bridgehead atoms. The van der Waals surface area contributed by atoms with Crippen molar-refractivity contribution >= 4 is 5.91 Å². The van der Waals surface area contributed by atoms with Gasteiger partial charge in [0.1, 0.15) is 6.54 Å². The van der Waals surface area contributed by atoms with Crippen molar-refractivity contribution < 1.29 is 4.79 Å². The molecule has 1 N–H and O–H groups in total. The standard InChI is InChI=1S/C12H18N2O/c13-6-7-14-12(15)11-8-10(11)9-4-2-1-3-5-9/h9-11H,1-5,7-8H2,(H,14,15)/t10-,11+/m0/s1. The highest BCUT2D eigenvalue weighted by Crippen LogP contribution is 2.49. The largest absolute Gasteiger partial charge is 0.343 e. The van der Waals surface area contributed by atoms with E-state index in [2.05, 4.69) is 5.32 Å². The van der Waals surface area contributed by atoms with Gasteiger partial charge in [-0.3, -0.25) is 4.79 Å². The summed E-state index contributed by atoms with van der Waals surface area (Å²) in [4.78, 5) is 11.6. The molecule has 0 aromatic heterocycles. The first kappa shape index (κ1) is 10.5. The van der Waals surface area contributed by atoms with E-state index in [4.69, 9.17) is 5.26 Å². The summed E-state index contributed by atoms with van der Waals surface area (Å²) in [6, 6.07) is 1.94. The SMILES string of the molecule is N#CCNC(=O)[C@@H]1C[C@H]1C1CCCCC1. The van der Waals surface area contributed by atoms with Crippen LogP contribution in [0.2, 0.25) is 0 Å². The first-order valence-electron chi connectivity index (χ1n) is 5.97. The van der Waals surface area contributed by atoms with Crippen LogP contribution in [-0.4, -0.2) is 12.5 Å². The quantitative estimate of drug-likeness (QED) is 0.716. The van der Waals surface area contributed by atoms with E-state index in [1.165, 1.54) is 32.1 Å². The predicted octanol–water partition coefficient (Wildman–Crippen LogP) is 1.84. The molecule has 0 spiro atoms. The Balaban J connectivity index is 1.75. The highest BCUT2D eigenvalue weighted by atomic mass is 16.2. The lowest BCUT2D eigenvalue weighted by Crippen LogP contribution is -2.26. The van der Waals surface area contributed by atoms with E-state index in [1.807, 2.05) is 6.07 Å². The topological polar surface area (TPSA) is 52.9 Å².